The molecule has 6 nitrogen and oxygen atoms in total. The fraction of sp³-hybridized carbons (Fsp3) is 0.105. The molecule has 0 aliphatic carbocycles. The third-order valence-corrected chi connectivity index (χ3v) is 4.53. The maximum Gasteiger partial charge on any atom is 0.274 e. The number of benzene rings is 2. The molecule has 2 aromatic carbocycles. The van der Waals surface area contributed by atoms with Crippen LogP contribution in [0.2, 0.25) is 0 Å². The quantitative estimate of drug-likeness (QED) is 0.583. The van der Waals surface area contributed by atoms with Crippen LogP contribution in [0.4, 0.5) is 5.95 Å². The van der Waals surface area contributed by atoms with Crippen molar-refractivity contribution in [2.45, 2.75) is 13.1 Å². The molecule has 1 aliphatic rings. The standard InChI is InChI=1S/C19H15N5O/c1-12-11-16(25)21-18-22-17(13-7-3-2-4-8-13)24-15-10-6-5-9-14(15)20-19(24)23(12)18/h2-11,17H,1H3,(H,21,22,25). The first kappa shape index (κ1) is 14.0. The second kappa shape index (κ2) is 5.04. The molecule has 0 amide bonds. The van der Waals surface area contributed by atoms with Gasteiger partial charge in [0.2, 0.25) is 11.9 Å². The molecule has 0 fully saturated rings. The molecule has 0 bridgehead atoms. The molecule has 1 atom stereocenters. The van der Waals surface area contributed by atoms with Crippen molar-refractivity contribution in [1.82, 2.24) is 19.1 Å². The van der Waals surface area contributed by atoms with Gasteiger partial charge in [-0.1, -0.05) is 42.5 Å². The SMILES string of the molecule is Cc1cc(=O)nc2n1-c1nc3ccccc3n1C(c1ccccc1)N2. The summed E-state index contributed by atoms with van der Waals surface area (Å²) in [4.78, 5) is 20.9. The van der Waals surface area contributed by atoms with Gasteiger partial charge in [-0.3, -0.25) is 13.9 Å². The number of para-hydroxylation sites is 2. The Morgan fingerprint density at radius 1 is 1.00 bits per heavy atom. The summed E-state index contributed by atoms with van der Waals surface area (Å²) in [7, 11) is 0. The van der Waals surface area contributed by atoms with E-state index in [1.807, 2.05) is 47.9 Å². The van der Waals surface area contributed by atoms with Crippen LogP contribution < -0.4 is 10.9 Å². The van der Waals surface area contributed by atoms with Gasteiger partial charge in [-0.25, -0.2) is 4.98 Å². The van der Waals surface area contributed by atoms with Crippen LogP contribution in [0, 0.1) is 6.92 Å². The van der Waals surface area contributed by atoms with Crippen LogP contribution in [-0.4, -0.2) is 19.1 Å². The lowest BCUT2D eigenvalue weighted by Crippen LogP contribution is -2.32. The number of aryl methyl sites for hydroxylation is 1. The first-order valence-electron chi connectivity index (χ1n) is 8.12. The topological polar surface area (TPSA) is 64.7 Å². The van der Waals surface area contributed by atoms with Crippen LogP contribution in [0.5, 0.6) is 0 Å². The van der Waals surface area contributed by atoms with E-state index >= 15 is 0 Å². The summed E-state index contributed by atoms with van der Waals surface area (Å²) < 4.78 is 4.04. The van der Waals surface area contributed by atoms with Crippen molar-refractivity contribution in [3.05, 3.63) is 82.3 Å². The molecular formula is C19H15N5O. The molecule has 2 aromatic heterocycles. The lowest BCUT2D eigenvalue weighted by atomic mass is 10.1. The first-order chi connectivity index (χ1) is 12.2. The zero-order valence-electron chi connectivity index (χ0n) is 13.5. The minimum atomic E-state index is -0.257. The van der Waals surface area contributed by atoms with E-state index in [-0.39, 0.29) is 11.7 Å². The summed E-state index contributed by atoms with van der Waals surface area (Å²) >= 11 is 0. The Kier molecular flexibility index (Phi) is 2.82. The fourth-order valence-corrected chi connectivity index (χ4v) is 3.44. The molecule has 0 spiro atoms. The van der Waals surface area contributed by atoms with Crippen LogP contribution in [0.3, 0.4) is 0 Å². The highest BCUT2D eigenvalue weighted by molar-refractivity contribution is 5.78. The van der Waals surface area contributed by atoms with E-state index in [4.69, 9.17) is 4.98 Å². The molecule has 1 N–H and O–H groups in total. The van der Waals surface area contributed by atoms with E-state index in [1.54, 1.807) is 0 Å². The predicted octanol–water partition coefficient (Wildman–Crippen LogP) is 2.86. The number of aromatic nitrogens is 4. The average molecular weight is 329 g/mol. The van der Waals surface area contributed by atoms with Crippen molar-refractivity contribution >= 4 is 17.0 Å². The Morgan fingerprint density at radius 3 is 2.60 bits per heavy atom. The van der Waals surface area contributed by atoms with E-state index < -0.39 is 0 Å². The van der Waals surface area contributed by atoms with Crippen molar-refractivity contribution in [2.75, 3.05) is 5.32 Å². The summed E-state index contributed by atoms with van der Waals surface area (Å²) in [6.07, 6.45) is -0.183. The Morgan fingerprint density at radius 2 is 1.76 bits per heavy atom. The largest absolute Gasteiger partial charge is 0.331 e. The number of nitrogens with one attached hydrogen (secondary N) is 1. The lowest BCUT2D eigenvalue weighted by Gasteiger charge is -2.31. The van der Waals surface area contributed by atoms with Gasteiger partial charge in [0.1, 0.15) is 6.17 Å². The number of imidazole rings is 1. The van der Waals surface area contributed by atoms with Crippen LogP contribution in [0.1, 0.15) is 17.4 Å². The van der Waals surface area contributed by atoms with Gasteiger partial charge in [0.15, 0.2) is 0 Å². The minimum absolute atomic E-state index is 0.183. The van der Waals surface area contributed by atoms with Crippen molar-refractivity contribution in [3.8, 4) is 5.95 Å². The molecule has 0 radical (unpaired) electrons. The highest BCUT2D eigenvalue weighted by Crippen LogP contribution is 2.34. The smallest absolute Gasteiger partial charge is 0.274 e. The van der Waals surface area contributed by atoms with Crippen LogP contribution >= 0.6 is 0 Å². The number of hydrogen-bond acceptors (Lipinski definition) is 4. The van der Waals surface area contributed by atoms with Gasteiger partial charge in [0.25, 0.3) is 5.56 Å². The zero-order valence-corrected chi connectivity index (χ0v) is 13.5. The molecular weight excluding hydrogens is 314 g/mol. The molecule has 1 aliphatic heterocycles. The summed E-state index contributed by atoms with van der Waals surface area (Å²) in [5.74, 6) is 1.27. The molecule has 3 heterocycles. The average Bonchev–Trinajstić information content (AvgIpc) is 3.00. The maximum absolute atomic E-state index is 11.9. The Hall–Kier alpha value is -3.41. The van der Waals surface area contributed by atoms with Gasteiger partial charge >= 0.3 is 0 Å². The van der Waals surface area contributed by atoms with E-state index in [9.17, 15) is 4.79 Å². The van der Waals surface area contributed by atoms with Gasteiger partial charge in [-0.05, 0) is 24.6 Å². The molecule has 6 heteroatoms. The first-order valence-corrected chi connectivity index (χ1v) is 8.12. The zero-order chi connectivity index (χ0) is 17.0. The second-order valence-corrected chi connectivity index (χ2v) is 6.12. The monoisotopic (exact) mass is 329 g/mol. The number of hydrogen-bond donors (Lipinski definition) is 1. The van der Waals surface area contributed by atoms with E-state index in [2.05, 4.69) is 33.1 Å². The molecule has 25 heavy (non-hydrogen) atoms. The highest BCUT2D eigenvalue weighted by Gasteiger charge is 2.29. The van der Waals surface area contributed by atoms with Gasteiger partial charge in [0.05, 0.1) is 11.0 Å². The van der Waals surface area contributed by atoms with Crippen molar-refractivity contribution < 1.29 is 0 Å². The fourth-order valence-electron chi connectivity index (χ4n) is 3.44. The van der Waals surface area contributed by atoms with E-state index in [1.165, 1.54) is 6.07 Å². The predicted molar refractivity (Wildman–Crippen MR) is 96.1 cm³/mol. The van der Waals surface area contributed by atoms with Crippen molar-refractivity contribution in [1.29, 1.82) is 0 Å². The minimum Gasteiger partial charge on any atom is -0.331 e. The van der Waals surface area contributed by atoms with E-state index in [0.717, 1.165) is 28.2 Å². The lowest BCUT2D eigenvalue weighted by molar-refractivity contribution is 0.597. The van der Waals surface area contributed by atoms with Gasteiger partial charge in [0, 0.05) is 11.8 Å². The third-order valence-electron chi connectivity index (χ3n) is 4.53. The number of anilines is 1. The summed E-state index contributed by atoms with van der Waals surface area (Å²) in [6, 6.07) is 19.7. The number of fused-ring (bicyclic) bond motifs is 5. The number of rotatable bonds is 1. The summed E-state index contributed by atoms with van der Waals surface area (Å²) in [6.45, 7) is 1.89. The Labute approximate surface area is 143 Å². The van der Waals surface area contributed by atoms with Crippen LogP contribution in [0.25, 0.3) is 17.0 Å². The molecule has 4 aromatic rings. The van der Waals surface area contributed by atoms with Crippen LogP contribution in [0.15, 0.2) is 65.5 Å². The second-order valence-electron chi connectivity index (χ2n) is 6.12. The molecule has 5 rings (SSSR count). The molecule has 0 saturated heterocycles. The summed E-state index contributed by atoms with van der Waals surface area (Å²) in [5, 5.41) is 3.40. The van der Waals surface area contributed by atoms with Crippen molar-refractivity contribution in [3.63, 3.8) is 0 Å². The maximum atomic E-state index is 11.9. The third kappa shape index (κ3) is 2.00. The molecule has 0 saturated carbocycles. The molecule has 122 valence electrons. The van der Waals surface area contributed by atoms with Gasteiger partial charge in [-0.15, -0.1) is 0 Å². The Balaban J connectivity index is 1.88. The van der Waals surface area contributed by atoms with Gasteiger partial charge < -0.3 is 5.32 Å². The highest BCUT2D eigenvalue weighted by atomic mass is 16.1. The Bertz CT molecular complexity index is 1160. The van der Waals surface area contributed by atoms with Gasteiger partial charge in [-0.2, -0.15) is 4.98 Å². The number of nitrogens with zero attached hydrogens (tertiary/aromatic N) is 4. The van der Waals surface area contributed by atoms with Crippen LogP contribution in [-0.2, 0) is 0 Å². The van der Waals surface area contributed by atoms with E-state index in [0.29, 0.717) is 5.95 Å². The normalized spacial score (nSPS) is 15.5. The summed E-state index contributed by atoms with van der Waals surface area (Å²) in [5.41, 5.74) is 3.56. The molecule has 1 unspecified atom stereocenters. The van der Waals surface area contributed by atoms with Crippen molar-refractivity contribution in [2.24, 2.45) is 0 Å².